The number of thiophene rings is 1. The van der Waals surface area contributed by atoms with Crippen molar-refractivity contribution < 1.29 is 4.74 Å². The number of hydrogen-bond acceptors (Lipinski definition) is 3. The molecule has 2 aromatic rings. The molecule has 0 N–H and O–H groups in total. The molecule has 0 spiro atoms. The van der Waals surface area contributed by atoms with Crippen molar-refractivity contribution in [2.45, 2.75) is 11.8 Å². The van der Waals surface area contributed by atoms with Crippen molar-refractivity contribution in [3.05, 3.63) is 23.1 Å². The maximum atomic E-state index is 5.36. The second kappa shape index (κ2) is 3.24. The molecular formula is C10H10OS2. The highest BCUT2D eigenvalue weighted by molar-refractivity contribution is 7.80. The zero-order chi connectivity index (χ0) is 9.42. The van der Waals surface area contributed by atoms with Gasteiger partial charge in [-0.3, -0.25) is 0 Å². The van der Waals surface area contributed by atoms with Gasteiger partial charge in [0.05, 0.1) is 11.8 Å². The SMILES string of the molecule is COc1c(C)c(S)cc2ccsc12. The Morgan fingerprint density at radius 3 is 2.92 bits per heavy atom. The van der Waals surface area contributed by atoms with Crippen LogP contribution in [0.25, 0.3) is 10.1 Å². The predicted molar refractivity (Wildman–Crippen MR) is 60.4 cm³/mol. The first-order valence-corrected chi connectivity index (χ1v) is 5.30. The molecule has 13 heavy (non-hydrogen) atoms. The van der Waals surface area contributed by atoms with Crippen molar-refractivity contribution in [1.29, 1.82) is 0 Å². The molecule has 0 aliphatic heterocycles. The zero-order valence-corrected chi connectivity index (χ0v) is 9.21. The van der Waals surface area contributed by atoms with E-state index in [0.717, 1.165) is 16.2 Å². The van der Waals surface area contributed by atoms with Crippen LogP contribution in [-0.4, -0.2) is 7.11 Å². The largest absolute Gasteiger partial charge is 0.495 e. The molecule has 0 saturated carbocycles. The van der Waals surface area contributed by atoms with E-state index >= 15 is 0 Å². The van der Waals surface area contributed by atoms with Crippen molar-refractivity contribution >= 4 is 34.1 Å². The van der Waals surface area contributed by atoms with Crippen molar-refractivity contribution in [2.75, 3.05) is 7.11 Å². The lowest BCUT2D eigenvalue weighted by Crippen LogP contribution is -1.88. The summed E-state index contributed by atoms with van der Waals surface area (Å²) in [5, 5.41) is 3.28. The van der Waals surface area contributed by atoms with Crippen LogP contribution in [0.5, 0.6) is 5.75 Å². The Morgan fingerprint density at radius 1 is 1.46 bits per heavy atom. The molecule has 1 heterocycles. The average Bonchev–Trinajstić information content (AvgIpc) is 2.54. The predicted octanol–water partition coefficient (Wildman–Crippen LogP) is 3.51. The summed E-state index contributed by atoms with van der Waals surface area (Å²) >= 11 is 6.10. The first-order valence-electron chi connectivity index (χ1n) is 3.98. The Morgan fingerprint density at radius 2 is 2.23 bits per heavy atom. The van der Waals surface area contributed by atoms with E-state index in [4.69, 9.17) is 4.74 Å². The highest BCUT2D eigenvalue weighted by Gasteiger charge is 2.08. The molecule has 0 aliphatic carbocycles. The summed E-state index contributed by atoms with van der Waals surface area (Å²) < 4.78 is 6.57. The van der Waals surface area contributed by atoms with Crippen LogP contribution in [0.4, 0.5) is 0 Å². The van der Waals surface area contributed by atoms with Gasteiger partial charge in [-0.2, -0.15) is 0 Å². The minimum Gasteiger partial charge on any atom is -0.495 e. The highest BCUT2D eigenvalue weighted by atomic mass is 32.1. The molecule has 0 saturated heterocycles. The number of ether oxygens (including phenoxy) is 1. The molecule has 1 aromatic heterocycles. The maximum absolute atomic E-state index is 5.36. The molecule has 0 unspecified atom stereocenters. The summed E-state index contributed by atoms with van der Waals surface area (Å²) in [6.07, 6.45) is 0. The fraction of sp³-hybridized carbons (Fsp3) is 0.200. The fourth-order valence-electron chi connectivity index (χ4n) is 1.41. The second-order valence-corrected chi connectivity index (χ2v) is 4.29. The van der Waals surface area contributed by atoms with E-state index in [1.807, 2.05) is 6.92 Å². The zero-order valence-electron chi connectivity index (χ0n) is 7.50. The molecule has 0 amide bonds. The number of fused-ring (bicyclic) bond motifs is 1. The number of hydrogen-bond donors (Lipinski definition) is 1. The molecule has 0 aliphatic rings. The van der Waals surface area contributed by atoms with Gasteiger partial charge in [-0.1, -0.05) is 0 Å². The Bertz CT molecular complexity index is 445. The Kier molecular flexibility index (Phi) is 2.22. The van der Waals surface area contributed by atoms with Gasteiger partial charge in [0.15, 0.2) is 0 Å². The summed E-state index contributed by atoms with van der Waals surface area (Å²) in [6.45, 7) is 2.03. The lowest BCUT2D eigenvalue weighted by Gasteiger charge is -2.07. The van der Waals surface area contributed by atoms with Crippen molar-refractivity contribution in [2.24, 2.45) is 0 Å². The van der Waals surface area contributed by atoms with E-state index < -0.39 is 0 Å². The maximum Gasteiger partial charge on any atom is 0.140 e. The molecule has 0 fully saturated rings. The lowest BCUT2D eigenvalue weighted by molar-refractivity contribution is 0.416. The van der Waals surface area contributed by atoms with E-state index in [2.05, 4.69) is 30.1 Å². The molecule has 68 valence electrons. The van der Waals surface area contributed by atoms with Crippen LogP contribution in [0.15, 0.2) is 22.4 Å². The van der Waals surface area contributed by atoms with E-state index in [1.165, 1.54) is 10.1 Å². The molecular weight excluding hydrogens is 200 g/mol. The number of benzene rings is 1. The topological polar surface area (TPSA) is 9.23 Å². The quantitative estimate of drug-likeness (QED) is 0.709. The van der Waals surface area contributed by atoms with Gasteiger partial charge >= 0.3 is 0 Å². The van der Waals surface area contributed by atoms with Gasteiger partial charge < -0.3 is 4.74 Å². The minimum absolute atomic E-state index is 0.956. The normalized spacial score (nSPS) is 10.7. The van der Waals surface area contributed by atoms with Crippen LogP contribution in [0.2, 0.25) is 0 Å². The smallest absolute Gasteiger partial charge is 0.140 e. The van der Waals surface area contributed by atoms with Gasteiger partial charge in [0, 0.05) is 10.5 Å². The summed E-state index contributed by atoms with van der Waals surface area (Å²) in [6, 6.07) is 4.16. The monoisotopic (exact) mass is 210 g/mol. The van der Waals surface area contributed by atoms with E-state index in [-0.39, 0.29) is 0 Å². The number of methoxy groups -OCH3 is 1. The molecule has 0 atom stereocenters. The Hall–Kier alpha value is -0.670. The summed E-state index contributed by atoms with van der Waals surface area (Å²) in [5.74, 6) is 0.956. The van der Waals surface area contributed by atoms with Crippen molar-refractivity contribution in [3.8, 4) is 5.75 Å². The van der Waals surface area contributed by atoms with Crippen LogP contribution in [0.3, 0.4) is 0 Å². The summed E-state index contributed by atoms with van der Waals surface area (Å²) in [4.78, 5) is 0.989. The van der Waals surface area contributed by atoms with Crippen LogP contribution in [0.1, 0.15) is 5.56 Å². The Balaban J connectivity index is 2.87. The molecule has 0 bridgehead atoms. The van der Waals surface area contributed by atoms with Gasteiger partial charge in [-0.25, -0.2) is 0 Å². The van der Waals surface area contributed by atoms with E-state index in [9.17, 15) is 0 Å². The van der Waals surface area contributed by atoms with Gasteiger partial charge in [0.2, 0.25) is 0 Å². The third kappa shape index (κ3) is 1.32. The van der Waals surface area contributed by atoms with Crippen LogP contribution >= 0.6 is 24.0 Å². The third-order valence-electron chi connectivity index (χ3n) is 2.12. The highest BCUT2D eigenvalue weighted by Crippen LogP contribution is 2.36. The van der Waals surface area contributed by atoms with Crippen molar-refractivity contribution in [1.82, 2.24) is 0 Å². The molecule has 2 rings (SSSR count). The van der Waals surface area contributed by atoms with Gasteiger partial charge in [0.1, 0.15) is 5.75 Å². The van der Waals surface area contributed by atoms with Gasteiger partial charge in [-0.05, 0) is 29.8 Å². The van der Waals surface area contributed by atoms with Crippen molar-refractivity contribution in [3.63, 3.8) is 0 Å². The fourth-order valence-corrected chi connectivity index (χ4v) is 2.60. The van der Waals surface area contributed by atoms with Crippen LogP contribution in [0, 0.1) is 6.92 Å². The van der Waals surface area contributed by atoms with Crippen LogP contribution in [-0.2, 0) is 0 Å². The Labute approximate surface area is 86.8 Å². The average molecular weight is 210 g/mol. The molecule has 1 nitrogen and oxygen atoms in total. The summed E-state index contributed by atoms with van der Waals surface area (Å²) in [5.41, 5.74) is 1.11. The van der Waals surface area contributed by atoms with Crippen LogP contribution < -0.4 is 4.74 Å². The van der Waals surface area contributed by atoms with E-state index in [1.54, 1.807) is 18.4 Å². The first kappa shape index (κ1) is 8.91. The summed E-state index contributed by atoms with van der Waals surface area (Å²) in [7, 11) is 1.70. The first-order chi connectivity index (χ1) is 6.24. The third-order valence-corrected chi connectivity index (χ3v) is 3.52. The lowest BCUT2D eigenvalue weighted by atomic mass is 10.2. The molecule has 0 radical (unpaired) electrons. The van der Waals surface area contributed by atoms with E-state index in [0.29, 0.717) is 0 Å². The standard InChI is InChI=1S/C10H10OS2/c1-6-8(12)5-7-3-4-13-10(7)9(6)11-2/h3-5,12H,1-2H3. The molecule has 3 heteroatoms. The van der Waals surface area contributed by atoms with Gasteiger partial charge in [-0.15, -0.1) is 24.0 Å². The van der Waals surface area contributed by atoms with Gasteiger partial charge in [0.25, 0.3) is 0 Å². The molecule has 1 aromatic carbocycles. The number of rotatable bonds is 1. The minimum atomic E-state index is 0.956. The second-order valence-electron chi connectivity index (χ2n) is 2.89. The number of thiol groups is 1.